The van der Waals surface area contributed by atoms with Crippen LogP contribution in [-0.2, 0) is 0 Å². The quantitative estimate of drug-likeness (QED) is 0.612. The summed E-state index contributed by atoms with van der Waals surface area (Å²) in [6.07, 6.45) is 8.78. The van der Waals surface area contributed by atoms with Gasteiger partial charge in [0.15, 0.2) is 11.5 Å². The van der Waals surface area contributed by atoms with E-state index in [1.54, 1.807) is 13.2 Å². The Hall–Kier alpha value is -2.88. The fraction of sp³-hybridized carbons (Fsp3) is 0.360. The third-order valence-corrected chi connectivity index (χ3v) is 6.26. The van der Waals surface area contributed by atoms with Gasteiger partial charge in [-0.05, 0) is 62.9 Å². The first-order chi connectivity index (χ1) is 13.9. The Morgan fingerprint density at radius 3 is 2.59 bits per heavy atom. The predicted octanol–water partition coefficient (Wildman–Crippen LogP) is 6.07. The molecule has 2 heterocycles. The van der Waals surface area contributed by atoms with Gasteiger partial charge in [0.05, 0.1) is 18.2 Å². The van der Waals surface area contributed by atoms with E-state index < -0.39 is 0 Å². The topological polar surface area (TPSA) is 50.7 Å². The fourth-order valence-electron chi connectivity index (χ4n) is 5.19. The van der Waals surface area contributed by atoms with Crippen molar-refractivity contribution >= 4 is 11.3 Å². The molecular formula is C25H27NO3. The molecule has 0 amide bonds. The van der Waals surface area contributed by atoms with Gasteiger partial charge in [0.25, 0.3) is 0 Å². The molecule has 2 aliphatic heterocycles. The maximum Gasteiger partial charge on any atom is 0.172 e. The van der Waals surface area contributed by atoms with Crippen LogP contribution >= 0.6 is 0 Å². The maximum absolute atomic E-state index is 10.4. The summed E-state index contributed by atoms with van der Waals surface area (Å²) < 4.78 is 12.2. The molecule has 29 heavy (non-hydrogen) atoms. The van der Waals surface area contributed by atoms with E-state index in [9.17, 15) is 5.11 Å². The molecule has 4 heteroatoms. The molecule has 1 unspecified atom stereocenters. The van der Waals surface area contributed by atoms with Gasteiger partial charge in [-0.1, -0.05) is 24.3 Å². The van der Waals surface area contributed by atoms with Crippen molar-refractivity contribution < 1.29 is 14.6 Å². The first-order valence-corrected chi connectivity index (χ1v) is 10.3. The lowest BCUT2D eigenvalue weighted by Gasteiger charge is -2.39. The number of methoxy groups -OCH3 is 1. The Morgan fingerprint density at radius 1 is 1.10 bits per heavy atom. The van der Waals surface area contributed by atoms with Gasteiger partial charge in [0.2, 0.25) is 0 Å². The molecule has 0 radical (unpaired) electrons. The van der Waals surface area contributed by atoms with Crippen LogP contribution in [0.5, 0.6) is 17.2 Å². The minimum absolute atomic E-state index is 0.0388. The van der Waals surface area contributed by atoms with E-state index >= 15 is 0 Å². The van der Waals surface area contributed by atoms with Crippen LogP contribution in [0.25, 0.3) is 16.7 Å². The Morgan fingerprint density at radius 2 is 1.86 bits per heavy atom. The molecular weight excluding hydrogens is 362 g/mol. The lowest BCUT2D eigenvalue weighted by molar-refractivity contribution is 0.137. The van der Waals surface area contributed by atoms with Crippen LogP contribution in [0.15, 0.2) is 42.5 Å². The van der Waals surface area contributed by atoms with E-state index in [1.807, 2.05) is 6.07 Å². The van der Waals surface area contributed by atoms with Gasteiger partial charge in [-0.25, -0.2) is 0 Å². The van der Waals surface area contributed by atoms with E-state index in [4.69, 9.17) is 9.47 Å². The number of nitrogens with one attached hydrogen (secondary N) is 1. The van der Waals surface area contributed by atoms with Crippen LogP contribution in [-0.4, -0.2) is 17.8 Å². The molecule has 5 rings (SSSR count). The number of benzene rings is 2. The molecule has 3 aliphatic rings. The van der Waals surface area contributed by atoms with Crippen molar-refractivity contribution in [1.82, 2.24) is 0 Å². The summed E-state index contributed by atoms with van der Waals surface area (Å²) in [6.45, 7) is 6.55. The van der Waals surface area contributed by atoms with Gasteiger partial charge in [-0.2, -0.15) is 0 Å². The largest absolute Gasteiger partial charge is 0.504 e. The third kappa shape index (κ3) is 2.73. The number of hydrogen-bond acceptors (Lipinski definition) is 4. The fourth-order valence-corrected chi connectivity index (χ4v) is 5.19. The second kappa shape index (κ2) is 6.31. The van der Waals surface area contributed by atoms with Gasteiger partial charge >= 0.3 is 0 Å². The number of fused-ring (bicyclic) bond motifs is 5. The lowest BCUT2D eigenvalue weighted by Crippen LogP contribution is -2.33. The Labute approximate surface area is 171 Å². The van der Waals surface area contributed by atoms with Crippen molar-refractivity contribution in [3.63, 3.8) is 0 Å². The van der Waals surface area contributed by atoms with Crippen molar-refractivity contribution in [3.05, 3.63) is 53.6 Å². The first-order valence-electron chi connectivity index (χ1n) is 10.3. The summed E-state index contributed by atoms with van der Waals surface area (Å²) >= 11 is 0. The zero-order valence-corrected chi connectivity index (χ0v) is 17.4. The molecule has 0 saturated heterocycles. The molecule has 150 valence electrons. The minimum Gasteiger partial charge on any atom is -0.504 e. The second-order valence-electron chi connectivity index (χ2n) is 8.86. The van der Waals surface area contributed by atoms with E-state index in [0.29, 0.717) is 11.7 Å². The van der Waals surface area contributed by atoms with Crippen molar-refractivity contribution in [2.75, 3.05) is 12.4 Å². The van der Waals surface area contributed by atoms with Crippen molar-refractivity contribution in [3.8, 4) is 28.4 Å². The molecule has 0 bridgehead atoms. The van der Waals surface area contributed by atoms with Gasteiger partial charge in [0, 0.05) is 22.7 Å². The van der Waals surface area contributed by atoms with Crippen molar-refractivity contribution in [2.45, 2.75) is 45.3 Å². The number of phenols is 1. The molecule has 2 aromatic rings. The minimum atomic E-state index is -0.0981. The van der Waals surface area contributed by atoms with E-state index in [2.05, 4.69) is 56.4 Å². The van der Waals surface area contributed by atoms with Crippen LogP contribution in [0, 0.1) is 5.92 Å². The molecule has 2 aromatic carbocycles. The first kappa shape index (κ1) is 18.2. The molecule has 0 fully saturated rings. The lowest BCUT2D eigenvalue weighted by atomic mass is 9.78. The number of ether oxygens (including phenoxy) is 2. The number of aromatic hydroxyl groups is 1. The van der Waals surface area contributed by atoms with Crippen LogP contribution in [0.4, 0.5) is 5.69 Å². The Bertz CT molecular complexity index is 1060. The Balaban J connectivity index is 1.80. The molecule has 1 aliphatic carbocycles. The molecule has 0 aromatic heterocycles. The number of rotatable bonds is 2. The third-order valence-electron chi connectivity index (χ3n) is 6.26. The van der Waals surface area contributed by atoms with Crippen molar-refractivity contribution in [2.24, 2.45) is 5.92 Å². The maximum atomic E-state index is 10.4. The molecule has 4 nitrogen and oxygen atoms in total. The standard InChI is InChI=1S/C25H27NO3/c1-14-13-25(2,3)26-17-10-9-16-21-19(12-11-18(27)24(21)28-4)29-23(22(16)20(14)17)15-7-5-6-8-15/h5-6,9-13,15,23,26-27H,7-8H2,1-4H3. The average Bonchev–Trinajstić information content (AvgIpc) is 3.20. The number of allylic oxidation sites excluding steroid dienone is 3. The van der Waals surface area contributed by atoms with Gasteiger partial charge in [-0.3, -0.25) is 0 Å². The van der Waals surface area contributed by atoms with Gasteiger partial charge in [-0.15, -0.1) is 0 Å². The monoisotopic (exact) mass is 389 g/mol. The zero-order valence-electron chi connectivity index (χ0n) is 17.4. The molecule has 0 spiro atoms. The summed E-state index contributed by atoms with van der Waals surface area (Å²) in [5.41, 5.74) is 6.63. The normalized spacial score (nSPS) is 21.4. The van der Waals surface area contributed by atoms with Crippen LogP contribution in [0.2, 0.25) is 0 Å². The van der Waals surface area contributed by atoms with Crippen LogP contribution in [0.1, 0.15) is 50.8 Å². The second-order valence-corrected chi connectivity index (χ2v) is 8.86. The summed E-state index contributed by atoms with van der Waals surface area (Å²) in [4.78, 5) is 0. The smallest absolute Gasteiger partial charge is 0.172 e. The summed E-state index contributed by atoms with van der Waals surface area (Å²) in [7, 11) is 1.59. The highest BCUT2D eigenvalue weighted by Gasteiger charge is 2.39. The average molecular weight is 389 g/mol. The molecule has 0 saturated carbocycles. The molecule has 2 N–H and O–H groups in total. The summed E-state index contributed by atoms with van der Waals surface area (Å²) in [6, 6.07) is 7.80. The summed E-state index contributed by atoms with van der Waals surface area (Å²) in [5.74, 6) is 1.77. The van der Waals surface area contributed by atoms with E-state index in [1.165, 1.54) is 16.7 Å². The van der Waals surface area contributed by atoms with Crippen LogP contribution in [0.3, 0.4) is 0 Å². The zero-order chi connectivity index (χ0) is 20.3. The summed E-state index contributed by atoms with van der Waals surface area (Å²) in [5, 5.41) is 14.1. The highest BCUT2D eigenvalue weighted by Crippen LogP contribution is 2.56. The number of anilines is 1. The van der Waals surface area contributed by atoms with E-state index in [0.717, 1.165) is 35.4 Å². The molecule has 1 atom stereocenters. The van der Waals surface area contributed by atoms with Gasteiger partial charge in [0.1, 0.15) is 11.9 Å². The van der Waals surface area contributed by atoms with Crippen LogP contribution < -0.4 is 14.8 Å². The van der Waals surface area contributed by atoms with Gasteiger partial charge < -0.3 is 19.9 Å². The number of phenolic OH excluding ortho intramolecular Hbond substituents is 1. The van der Waals surface area contributed by atoms with Crippen molar-refractivity contribution in [1.29, 1.82) is 0 Å². The highest BCUT2D eigenvalue weighted by molar-refractivity contribution is 5.92. The SMILES string of the molecule is COc1c(O)ccc2c1-c1ccc3c(c1C(C1CC=CC1)O2)C(C)=CC(C)(C)N3. The predicted molar refractivity (Wildman–Crippen MR) is 117 cm³/mol. The highest BCUT2D eigenvalue weighted by atomic mass is 16.5. The Kier molecular flexibility index (Phi) is 3.95. The van der Waals surface area contributed by atoms with E-state index in [-0.39, 0.29) is 17.4 Å². The number of hydrogen-bond donors (Lipinski definition) is 2.